The molecule has 0 aromatic carbocycles. The third kappa shape index (κ3) is 4.41. The summed E-state index contributed by atoms with van der Waals surface area (Å²) in [5, 5.41) is 19.8. The lowest BCUT2D eigenvalue weighted by Crippen LogP contribution is -2.50. The number of aliphatic hydroxyl groups is 1. The molecule has 0 saturated carbocycles. The second-order valence-corrected chi connectivity index (χ2v) is 5.31. The summed E-state index contributed by atoms with van der Waals surface area (Å²) in [5.41, 5.74) is -1.86. The first kappa shape index (κ1) is 17.1. The molecule has 0 bridgehead atoms. The Labute approximate surface area is 110 Å². The molecule has 4 heteroatoms. The van der Waals surface area contributed by atoms with E-state index in [0.717, 1.165) is 0 Å². The van der Waals surface area contributed by atoms with Gasteiger partial charge in [-0.2, -0.15) is 5.26 Å². The number of aliphatic hydroxyl groups excluding tert-OH is 1. The monoisotopic (exact) mass is 255 g/mol. The van der Waals surface area contributed by atoms with Crippen molar-refractivity contribution < 1.29 is 14.6 Å². The van der Waals surface area contributed by atoms with Crippen molar-refractivity contribution in [1.29, 1.82) is 5.26 Å². The standard InChI is InChI=1S/C14H25NO3/c1-7-9-14(10-15,12(16)13(4,5)6)18-11(3)17-8-2/h7,9,11-12,16H,8H2,1-6H3/b9-7+. The van der Waals surface area contributed by atoms with E-state index in [1.54, 1.807) is 26.0 Å². The minimum Gasteiger partial charge on any atom is -0.388 e. The SMILES string of the molecule is C/C=C/C(C#N)(OC(C)OCC)C(O)C(C)(C)C. The van der Waals surface area contributed by atoms with Gasteiger partial charge in [0, 0.05) is 6.61 Å². The minimum atomic E-state index is -1.39. The zero-order valence-electron chi connectivity index (χ0n) is 12.2. The van der Waals surface area contributed by atoms with Gasteiger partial charge in [-0.25, -0.2) is 0 Å². The van der Waals surface area contributed by atoms with Gasteiger partial charge in [0.1, 0.15) is 12.2 Å². The van der Waals surface area contributed by atoms with Crippen molar-refractivity contribution in [2.45, 2.75) is 59.5 Å². The quantitative estimate of drug-likeness (QED) is 0.585. The molecule has 0 aliphatic heterocycles. The van der Waals surface area contributed by atoms with Gasteiger partial charge in [-0.15, -0.1) is 0 Å². The average Bonchev–Trinajstić information content (AvgIpc) is 2.26. The summed E-state index contributed by atoms with van der Waals surface area (Å²) in [6.07, 6.45) is 1.78. The van der Waals surface area contributed by atoms with Gasteiger partial charge in [0.2, 0.25) is 5.60 Å². The lowest BCUT2D eigenvalue weighted by molar-refractivity contribution is -0.206. The average molecular weight is 255 g/mol. The molecule has 4 nitrogen and oxygen atoms in total. The highest BCUT2D eigenvalue weighted by molar-refractivity contribution is 5.21. The van der Waals surface area contributed by atoms with Crippen LogP contribution < -0.4 is 0 Å². The molecule has 0 aromatic rings. The van der Waals surface area contributed by atoms with Crippen LogP contribution in [0.2, 0.25) is 0 Å². The highest BCUT2D eigenvalue weighted by atomic mass is 16.7. The topological polar surface area (TPSA) is 62.5 Å². The van der Waals surface area contributed by atoms with Crippen LogP contribution in [0.4, 0.5) is 0 Å². The van der Waals surface area contributed by atoms with E-state index in [2.05, 4.69) is 6.07 Å². The molecule has 0 spiro atoms. The molecule has 18 heavy (non-hydrogen) atoms. The predicted molar refractivity (Wildman–Crippen MR) is 70.8 cm³/mol. The first-order valence-electron chi connectivity index (χ1n) is 6.26. The number of hydrogen-bond acceptors (Lipinski definition) is 4. The second kappa shape index (κ2) is 6.89. The second-order valence-electron chi connectivity index (χ2n) is 5.31. The van der Waals surface area contributed by atoms with Crippen molar-refractivity contribution in [3.63, 3.8) is 0 Å². The van der Waals surface area contributed by atoms with Crippen molar-refractivity contribution >= 4 is 0 Å². The number of nitriles is 1. The molecular formula is C14H25NO3. The highest BCUT2D eigenvalue weighted by Gasteiger charge is 2.44. The summed E-state index contributed by atoms with van der Waals surface area (Å²) in [5.74, 6) is 0. The fourth-order valence-electron chi connectivity index (χ4n) is 1.75. The van der Waals surface area contributed by atoms with Gasteiger partial charge >= 0.3 is 0 Å². The smallest absolute Gasteiger partial charge is 0.201 e. The Kier molecular flexibility index (Phi) is 6.55. The van der Waals surface area contributed by atoms with E-state index in [1.807, 2.05) is 27.7 Å². The van der Waals surface area contributed by atoms with Crippen LogP contribution in [0.1, 0.15) is 41.5 Å². The molecule has 0 fully saturated rings. The molecule has 3 unspecified atom stereocenters. The van der Waals surface area contributed by atoms with E-state index in [1.165, 1.54) is 0 Å². The predicted octanol–water partition coefficient (Wildman–Crippen LogP) is 2.63. The van der Waals surface area contributed by atoms with Gasteiger partial charge in [-0.1, -0.05) is 26.8 Å². The zero-order chi connectivity index (χ0) is 14.4. The molecule has 0 aliphatic rings. The molecule has 104 valence electrons. The summed E-state index contributed by atoms with van der Waals surface area (Å²) in [7, 11) is 0. The maximum absolute atomic E-state index is 10.4. The Morgan fingerprint density at radius 3 is 2.28 bits per heavy atom. The van der Waals surface area contributed by atoms with E-state index in [-0.39, 0.29) is 0 Å². The van der Waals surface area contributed by atoms with E-state index in [4.69, 9.17) is 9.47 Å². The molecule has 0 radical (unpaired) electrons. The molecule has 0 aliphatic carbocycles. The zero-order valence-corrected chi connectivity index (χ0v) is 12.2. The van der Waals surface area contributed by atoms with Crippen molar-refractivity contribution in [3.8, 4) is 6.07 Å². The first-order valence-corrected chi connectivity index (χ1v) is 6.26. The Balaban J connectivity index is 5.25. The first-order chi connectivity index (χ1) is 8.23. The maximum atomic E-state index is 10.4. The van der Waals surface area contributed by atoms with Crippen LogP contribution in [-0.2, 0) is 9.47 Å². The van der Waals surface area contributed by atoms with Crippen molar-refractivity contribution in [3.05, 3.63) is 12.2 Å². The van der Waals surface area contributed by atoms with Crippen LogP contribution in [0.15, 0.2) is 12.2 Å². The minimum absolute atomic E-state index is 0.471. The molecular weight excluding hydrogens is 230 g/mol. The van der Waals surface area contributed by atoms with E-state index >= 15 is 0 Å². The van der Waals surface area contributed by atoms with Gasteiger partial charge in [0.25, 0.3) is 0 Å². The summed E-state index contributed by atoms with van der Waals surface area (Å²) < 4.78 is 10.9. The van der Waals surface area contributed by atoms with Crippen LogP contribution in [0.5, 0.6) is 0 Å². The molecule has 1 N–H and O–H groups in total. The summed E-state index contributed by atoms with van der Waals surface area (Å²) in [6.45, 7) is 11.4. The number of rotatable bonds is 6. The molecule has 0 saturated heterocycles. The van der Waals surface area contributed by atoms with E-state index in [0.29, 0.717) is 6.61 Å². The van der Waals surface area contributed by atoms with Crippen LogP contribution >= 0.6 is 0 Å². The Morgan fingerprint density at radius 1 is 1.39 bits per heavy atom. The molecule has 0 rings (SSSR count). The lowest BCUT2D eigenvalue weighted by Gasteiger charge is -2.38. The van der Waals surface area contributed by atoms with Crippen LogP contribution in [-0.4, -0.2) is 29.7 Å². The van der Waals surface area contributed by atoms with Crippen molar-refractivity contribution in [1.82, 2.24) is 0 Å². The van der Waals surface area contributed by atoms with Crippen LogP contribution in [0, 0.1) is 16.7 Å². The third-order valence-electron chi connectivity index (χ3n) is 2.58. The number of allylic oxidation sites excluding steroid dienone is 1. The summed E-state index contributed by atoms with van der Waals surface area (Å²) in [4.78, 5) is 0. The van der Waals surface area contributed by atoms with Gasteiger partial charge < -0.3 is 14.6 Å². The van der Waals surface area contributed by atoms with E-state index in [9.17, 15) is 10.4 Å². The molecule has 0 amide bonds. The molecule has 0 aromatic heterocycles. The van der Waals surface area contributed by atoms with Crippen LogP contribution in [0.25, 0.3) is 0 Å². The Morgan fingerprint density at radius 2 is 1.94 bits per heavy atom. The third-order valence-corrected chi connectivity index (χ3v) is 2.58. The van der Waals surface area contributed by atoms with Crippen LogP contribution in [0.3, 0.4) is 0 Å². The summed E-state index contributed by atoms with van der Waals surface area (Å²) in [6, 6.07) is 2.07. The van der Waals surface area contributed by atoms with Crippen molar-refractivity contribution in [2.75, 3.05) is 6.61 Å². The normalized spacial score (nSPS) is 19.2. The highest BCUT2D eigenvalue weighted by Crippen LogP contribution is 2.32. The Bertz CT molecular complexity index is 314. The molecule has 3 atom stereocenters. The van der Waals surface area contributed by atoms with Gasteiger partial charge in [-0.05, 0) is 32.3 Å². The fraction of sp³-hybridized carbons (Fsp3) is 0.786. The number of ether oxygens (including phenoxy) is 2. The van der Waals surface area contributed by atoms with Gasteiger partial charge in [0.05, 0.1) is 0 Å². The van der Waals surface area contributed by atoms with E-state index < -0.39 is 23.4 Å². The maximum Gasteiger partial charge on any atom is 0.201 e. The Hall–Kier alpha value is -0.890. The summed E-state index contributed by atoms with van der Waals surface area (Å²) >= 11 is 0. The lowest BCUT2D eigenvalue weighted by atomic mass is 9.78. The van der Waals surface area contributed by atoms with Gasteiger partial charge in [-0.3, -0.25) is 0 Å². The van der Waals surface area contributed by atoms with Crippen molar-refractivity contribution in [2.24, 2.45) is 5.41 Å². The molecule has 0 heterocycles. The van der Waals surface area contributed by atoms with Gasteiger partial charge in [0.15, 0.2) is 6.29 Å². The number of nitrogens with zero attached hydrogens (tertiary/aromatic N) is 1. The largest absolute Gasteiger partial charge is 0.388 e. The fourth-order valence-corrected chi connectivity index (χ4v) is 1.75. The number of hydrogen-bond donors (Lipinski definition) is 1.